The molecule has 0 bridgehead atoms. The number of guanidine groups is 1. The minimum atomic E-state index is 0. The maximum absolute atomic E-state index is 12.0. The van der Waals surface area contributed by atoms with Gasteiger partial charge in [-0.2, -0.15) is 0 Å². The van der Waals surface area contributed by atoms with Crippen molar-refractivity contribution in [2.75, 3.05) is 39.8 Å². The molecule has 0 aliphatic heterocycles. The average molecular weight is 511 g/mol. The van der Waals surface area contributed by atoms with Gasteiger partial charge in [-0.05, 0) is 44.9 Å². The Bertz CT molecular complexity index is 595. The van der Waals surface area contributed by atoms with Crippen LogP contribution >= 0.6 is 35.6 Å². The van der Waals surface area contributed by atoms with E-state index in [1.165, 1.54) is 0 Å². The minimum Gasteiger partial charge on any atom is -0.497 e. The van der Waals surface area contributed by atoms with Crippen LogP contribution in [0, 0.1) is 0 Å². The van der Waals surface area contributed by atoms with Crippen LogP contribution in [0.3, 0.4) is 0 Å². The first-order valence-corrected chi connectivity index (χ1v) is 9.55. The highest BCUT2D eigenvalue weighted by Crippen LogP contribution is 2.22. The third-order valence-electron chi connectivity index (χ3n) is 4.00. The van der Waals surface area contributed by atoms with Gasteiger partial charge in [0, 0.05) is 37.6 Å². The number of hydrogen-bond acceptors (Lipinski definition) is 3. The lowest BCUT2D eigenvalue weighted by atomic mass is 10.1. The smallest absolute Gasteiger partial charge is 0.224 e. The van der Waals surface area contributed by atoms with Gasteiger partial charge in [-0.15, -0.1) is 24.0 Å². The zero-order chi connectivity index (χ0) is 19.4. The van der Waals surface area contributed by atoms with E-state index in [2.05, 4.69) is 15.6 Å². The third kappa shape index (κ3) is 9.51. The van der Waals surface area contributed by atoms with Crippen LogP contribution in [-0.4, -0.2) is 56.6 Å². The molecule has 154 valence electrons. The van der Waals surface area contributed by atoms with Crippen LogP contribution in [0.5, 0.6) is 5.75 Å². The number of hydrogen-bond donors (Lipinski definition) is 2. The van der Waals surface area contributed by atoms with Crippen molar-refractivity contribution in [3.05, 3.63) is 28.8 Å². The van der Waals surface area contributed by atoms with Crippen LogP contribution in [0.15, 0.2) is 23.2 Å². The van der Waals surface area contributed by atoms with E-state index in [1.54, 1.807) is 7.11 Å². The summed E-state index contributed by atoms with van der Waals surface area (Å²) in [6.07, 6.45) is 1.19. The summed E-state index contributed by atoms with van der Waals surface area (Å²) in [6, 6.07) is 5.68. The van der Waals surface area contributed by atoms with Crippen LogP contribution < -0.4 is 15.4 Å². The number of rotatable bonds is 10. The number of nitrogens with zero attached hydrogens (tertiary/aromatic N) is 2. The maximum Gasteiger partial charge on any atom is 0.224 e. The third-order valence-corrected chi connectivity index (χ3v) is 4.35. The number of methoxy groups -OCH3 is 1. The molecule has 1 aromatic rings. The SMILES string of the molecule is CCNC(=NCCC(=O)N(CC)CC)NCCc1ccc(OC)cc1Cl.I. The lowest BCUT2D eigenvalue weighted by Gasteiger charge is -2.18. The molecule has 0 unspecified atom stereocenters. The van der Waals surface area contributed by atoms with Crippen molar-refractivity contribution in [2.45, 2.75) is 33.6 Å². The fourth-order valence-corrected chi connectivity index (χ4v) is 2.78. The van der Waals surface area contributed by atoms with E-state index >= 15 is 0 Å². The predicted octanol–water partition coefficient (Wildman–Crippen LogP) is 3.32. The number of halogens is 2. The lowest BCUT2D eigenvalue weighted by Crippen LogP contribution is -2.38. The van der Waals surface area contributed by atoms with Gasteiger partial charge in [-0.3, -0.25) is 9.79 Å². The number of carbonyl (C=O) groups excluding carboxylic acids is 1. The summed E-state index contributed by atoms with van der Waals surface area (Å²) in [7, 11) is 1.62. The Morgan fingerprint density at radius 1 is 1.22 bits per heavy atom. The van der Waals surface area contributed by atoms with Gasteiger partial charge in [0.15, 0.2) is 5.96 Å². The van der Waals surface area contributed by atoms with Gasteiger partial charge in [0.1, 0.15) is 5.75 Å². The molecule has 8 heteroatoms. The van der Waals surface area contributed by atoms with Crippen molar-refractivity contribution in [3.8, 4) is 5.75 Å². The standard InChI is InChI=1S/C19H31ClN4O2.HI/c1-5-21-19(23-13-11-18(25)24(6-2)7-3)22-12-10-15-8-9-16(26-4)14-17(15)20;/h8-9,14H,5-7,10-13H2,1-4H3,(H2,21,22,23);1H. The summed E-state index contributed by atoms with van der Waals surface area (Å²) in [5.41, 5.74) is 1.05. The Kier molecular flexibility index (Phi) is 14.1. The Balaban J connectivity index is 0.00000676. The number of aliphatic imine (C=N–C) groups is 1. The Hall–Kier alpha value is -1.22. The first-order valence-electron chi connectivity index (χ1n) is 9.17. The van der Waals surface area contributed by atoms with E-state index in [4.69, 9.17) is 16.3 Å². The number of benzene rings is 1. The zero-order valence-electron chi connectivity index (χ0n) is 16.7. The van der Waals surface area contributed by atoms with E-state index in [9.17, 15) is 4.79 Å². The van der Waals surface area contributed by atoms with Gasteiger partial charge in [0.05, 0.1) is 13.7 Å². The highest BCUT2D eigenvalue weighted by Gasteiger charge is 2.08. The van der Waals surface area contributed by atoms with Gasteiger partial charge in [0.2, 0.25) is 5.91 Å². The first kappa shape index (κ1) is 25.8. The molecule has 1 amide bonds. The molecule has 0 aromatic heterocycles. The van der Waals surface area contributed by atoms with Crippen molar-refractivity contribution in [1.29, 1.82) is 0 Å². The molecule has 1 rings (SSSR count). The summed E-state index contributed by atoms with van der Waals surface area (Å²) in [4.78, 5) is 18.3. The van der Waals surface area contributed by atoms with Crippen molar-refractivity contribution in [1.82, 2.24) is 15.5 Å². The fraction of sp³-hybridized carbons (Fsp3) is 0.579. The van der Waals surface area contributed by atoms with Crippen LogP contribution in [0.1, 0.15) is 32.8 Å². The molecule has 6 nitrogen and oxygen atoms in total. The molecule has 0 radical (unpaired) electrons. The van der Waals surface area contributed by atoms with E-state index in [0.29, 0.717) is 30.5 Å². The molecule has 0 saturated carbocycles. The topological polar surface area (TPSA) is 66.0 Å². The summed E-state index contributed by atoms with van der Waals surface area (Å²) in [6.45, 7) is 9.38. The second kappa shape index (κ2) is 14.8. The number of ether oxygens (including phenoxy) is 1. The monoisotopic (exact) mass is 510 g/mol. The number of nitrogens with one attached hydrogen (secondary N) is 2. The van der Waals surface area contributed by atoms with Gasteiger partial charge in [0.25, 0.3) is 0 Å². The second-order valence-corrected chi connectivity index (χ2v) is 6.12. The average Bonchev–Trinajstić information content (AvgIpc) is 2.64. The van der Waals surface area contributed by atoms with E-state index in [-0.39, 0.29) is 29.9 Å². The molecular weight excluding hydrogens is 479 g/mol. The molecule has 0 heterocycles. The second-order valence-electron chi connectivity index (χ2n) is 5.71. The molecule has 27 heavy (non-hydrogen) atoms. The fourth-order valence-electron chi connectivity index (χ4n) is 2.51. The molecular formula is C19H32ClIN4O2. The molecule has 0 aliphatic rings. The van der Waals surface area contributed by atoms with Gasteiger partial charge in [-0.25, -0.2) is 0 Å². The van der Waals surface area contributed by atoms with Gasteiger partial charge >= 0.3 is 0 Å². The summed E-state index contributed by atoms with van der Waals surface area (Å²) >= 11 is 6.26. The largest absolute Gasteiger partial charge is 0.497 e. The summed E-state index contributed by atoms with van der Waals surface area (Å²) < 4.78 is 5.16. The molecule has 0 fully saturated rings. The van der Waals surface area contributed by atoms with Gasteiger partial charge < -0.3 is 20.3 Å². The molecule has 2 N–H and O–H groups in total. The van der Waals surface area contributed by atoms with E-state index in [0.717, 1.165) is 37.4 Å². The molecule has 0 spiro atoms. The Morgan fingerprint density at radius 2 is 1.93 bits per heavy atom. The molecule has 0 atom stereocenters. The number of amides is 1. The molecule has 1 aromatic carbocycles. The number of carbonyl (C=O) groups is 1. The zero-order valence-corrected chi connectivity index (χ0v) is 19.8. The van der Waals surface area contributed by atoms with E-state index < -0.39 is 0 Å². The van der Waals surface area contributed by atoms with E-state index in [1.807, 2.05) is 43.9 Å². The normalized spacial score (nSPS) is 10.8. The lowest BCUT2D eigenvalue weighted by molar-refractivity contribution is -0.130. The van der Waals surface area contributed by atoms with Crippen molar-refractivity contribution < 1.29 is 9.53 Å². The predicted molar refractivity (Wildman–Crippen MR) is 124 cm³/mol. The minimum absolute atomic E-state index is 0. The first-order chi connectivity index (χ1) is 12.5. The molecule has 0 aliphatic carbocycles. The summed E-state index contributed by atoms with van der Waals surface area (Å²) in [5, 5.41) is 7.17. The van der Waals surface area contributed by atoms with Crippen molar-refractivity contribution in [3.63, 3.8) is 0 Å². The summed E-state index contributed by atoms with van der Waals surface area (Å²) in [5.74, 6) is 1.60. The maximum atomic E-state index is 12.0. The Labute approximate surface area is 185 Å². The molecule has 0 saturated heterocycles. The van der Waals surface area contributed by atoms with Crippen LogP contribution in [0.4, 0.5) is 0 Å². The Morgan fingerprint density at radius 3 is 2.48 bits per heavy atom. The van der Waals surface area contributed by atoms with Crippen molar-refractivity contribution in [2.24, 2.45) is 4.99 Å². The van der Waals surface area contributed by atoms with Gasteiger partial charge in [-0.1, -0.05) is 17.7 Å². The quantitative estimate of drug-likeness (QED) is 0.288. The highest BCUT2D eigenvalue weighted by molar-refractivity contribution is 14.0. The van der Waals surface area contributed by atoms with Crippen molar-refractivity contribution >= 4 is 47.4 Å². The van der Waals surface area contributed by atoms with Crippen LogP contribution in [0.2, 0.25) is 5.02 Å². The highest BCUT2D eigenvalue weighted by atomic mass is 127. The van der Waals surface area contributed by atoms with Crippen LogP contribution in [0.25, 0.3) is 0 Å². The van der Waals surface area contributed by atoms with Crippen LogP contribution in [-0.2, 0) is 11.2 Å².